The molecule has 122 valence electrons. The molecular weight excluding hydrogens is 294 g/mol. The van der Waals surface area contributed by atoms with Crippen molar-refractivity contribution in [3.05, 3.63) is 30.5 Å². The van der Waals surface area contributed by atoms with Crippen LogP contribution in [0.5, 0.6) is 5.75 Å². The van der Waals surface area contributed by atoms with Crippen LogP contribution in [0.4, 0.5) is 5.82 Å². The number of piperidine rings is 1. The molecule has 0 radical (unpaired) electrons. The van der Waals surface area contributed by atoms with E-state index in [1.807, 2.05) is 24.3 Å². The van der Waals surface area contributed by atoms with Gasteiger partial charge in [0.25, 0.3) is 0 Å². The molecule has 2 aromatic rings. The number of nitrogens with zero attached hydrogens (tertiary/aromatic N) is 2. The quantitative estimate of drug-likeness (QED) is 0.867. The largest absolute Gasteiger partial charge is 0.489 e. The van der Waals surface area contributed by atoms with Crippen LogP contribution < -0.4 is 10.5 Å². The number of fused-ring (bicyclic) bond motifs is 1. The first-order valence-corrected chi connectivity index (χ1v) is 7.76. The Kier molecular flexibility index (Phi) is 4.62. The summed E-state index contributed by atoms with van der Waals surface area (Å²) in [5.74, 6) is 1.13. The van der Waals surface area contributed by atoms with Crippen molar-refractivity contribution in [2.75, 3.05) is 32.5 Å². The number of benzene rings is 1. The van der Waals surface area contributed by atoms with E-state index in [-0.39, 0.29) is 12.1 Å². The molecule has 6 nitrogen and oxygen atoms in total. The van der Waals surface area contributed by atoms with Crippen LogP contribution in [-0.4, -0.2) is 48.7 Å². The Bertz CT molecular complexity index is 705. The summed E-state index contributed by atoms with van der Waals surface area (Å²) in [7, 11) is 1.41. The van der Waals surface area contributed by atoms with Crippen molar-refractivity contribution in [3.8, 4) is 5.75 Å². The summed E-state index contributed by atoms with van der Waals surface area (Å²) in [5, 5.41) is 1.94. The summed E-state index contributed by atoms with van der Waals surface area (Å²) >= 11 is 0. The lowest BCUT2D eigenvalue weighted by molar-refractivity contribution is -0.142. The number of methoxy groups -OCH3 is 1. The van der Waals surface area contributed by atoms with E-state index in [1.54, 1.807) is 6.20 Å². The number of nitrogen functional groups attached to an aromatic ring is 1. The number of ether oxygens (including phenoxy) is 2. The summed E-state index contributed by atoms with van der Waals surface area (Å²) in [6.45, 7) is 1.94. The van der Waals surface area contributed by atoms with Gasteiger partial charge in [-0.25, -0.2) is 4.98 Å². The van der Waals surface area contributed by atoms with Gasteiger partial charge in [-0.05, 0) is 49.0 Å². The molecule has 1 fully saturated rings. The molecule has 23 heavy (non-hydrogen) atoms. The van der Waals surface area contributed by atoms with E-state index in [0.717, 1.165) is 42.5 Å². The molecule has 0 spiro atoms. The van der Waals surface area contributed by atoms with Crippen LogP contribution in [0.1, 0.15) is 12.8 Å². The maximum Gasteiger partial charge on any atom is 0.319 e. The third-order valence-corrected chi connectivity index (χ3v) is 4.11. The topological polar surface area (TPSA) is 77.7 Å². The summed E-state index contributed by atoms with van der Waals surface area (Å²) in [6.07, 6.45) is 3.76. The van der Waals surface area contributed by atoms with Crippen molar-refractivity contribution in [2.45, 2.75) is 18.9 Å². The summed E-state index contributed by atoms with van der Waals surface area (Å²) in [5.41, 5.74) is 5.87. The maximum atomic E-state index is 11.4. The zero-order valence-corrected chi connectivity index (χ0v) is 13.2. The van der Waals surface area contributed by atoms with Crippen LogP contribution in [-0.2, 0) is 9.53 Å². The van der Waals surface area contributed by atoms with Gasteiger partial charge in [-0.1, -0.05) is 0 Å². The number of hydrogen-bond donors (Lipinski definition) is 1. The Morgan fingerprint density at radius 2 is 2.30 bits per heavy atom. The van der Waals surface area contributed by atoms with Crippen LogP contribution in [0.2, 0.25) is 0 Å². The number of nitrogens with two attached hydrogens (primary N) is 1. The first-order valence-electron chi connectivity index (χ1n) is 7.76. The lowest BCUT2D eigenvalue weighted by Crippen LogP contribution is -2.43. The van der Waals surface area contributed by atoms with Crippen molar-refractivity contribution in [3.63, 3.8) is 0 Å². The Balaban J connectivity index is 1.68. The van der Waals surface area contributed by atoms with Gasteiger partial charge in [0.15, 0.2) is 0 Å². The van der Waals surface area contributed by atoms with E-state index >= 15 is 0 Å². The van der Waals surface area contributed by atoms with Crippen molar-refractivity contribution < 1.29 is 14.3 Å². The molecule has 1 atom stereocenters. The van der Waals surface area contributed by atoms with Crippen LogP contribution in [0, 0.1) is 0 Å². The number of carbonyl (C=O) groups excluding carboxylic acids is 1. The van der Waals surface area contributed by atoms with E-state index in [1.165, 1.54) is 7.11 Å². The average molecular weight is 315 g/mol. The van der Waals surface area contributed by atoms with E-state index in [2.05, 4.69) is 9.88 Å². The summed E-state index contributed by atoms with van der Waals surface area (Å²) in [4.78, 5) is 17.6. The van der Waals surface area contributed by atoms with E-state index in [9.17, 15) is 4.79 Å². The van der Waals surface area contributed by atoms with Gasteiger partial charge in [0.1, 0.15) is 17.7 Å². The Labute approximate surface area is 135 Å². The molecule has 0 amide bonds. The van der Waals surface area contributed by atoms with Gasteiger partial charge in [0.2, 0.25) is 0 Å². The molecule has 1 aromatic carbocycles. The minimum absolute atomic E-state index is 0.0741. The molecule has 0 bridgehead atoms. The molecule has 2 heterocycles. The molecule has 0 saturated carbocycles. The normalized spacial score (nSPS) is 18.7. The SMILES string of the molecule is COC(=O)CN1CCCC(Oc2ccc3c(N)nccc3c2)C1. The first-order chi connectivity index (χ1) is 11.2. The predicted octanol–water partition coefficient (Wildman–Crippen LogP) is 1.83. The van der Waals surface area contributed by atoms with Gasteiger partial charge < -0.3 is 15.2 Å². The zero-order valence-electron chi connectivity index (χ0n) is 13.2. The highest BCUT2D eigenvalue weighted by Crippen LogP contribution is 2.25. The molecule has 1 aliphatic heterocycles. The molecule has 1 unspecified atom stereocenters. The van der Waals surface area contributed by atoms with Crippen LogP contribution in [0.15, 0.2) is 30.5 Å². The maximum absolute atomic E-state index is 11.4. The number of esters is 1. The second kappa shape index (κ2) is 6.83. The van der Waals surface area contributed by atoms with Gasteiger partial charge >= 0.3 is 5.97 Å². The van der Waals surface area contributed by atoms with E-state index in [4.69, 9.17) is 15.2 Å². The lowest BCUT2D eigenvalue weighted by Gasteiger charge is -2.32. The number of hydrogen-bond acceptors (Lipinski definition) is 6. The highest BCUT2D eigenvalue weighted by molar-refractivity contribution is 5.91. The fraction of sp³-hybridized carbons (Fsp3) is 0.412. The molecule has 3 rings (SSSR count). The van der Waals surface area contributed by atoms with Crippen LogP contribution >= 0.6 is 0 Å². The zero-order chi connectivity index (χ0) is 16.2. The van der Waals surface area contributed by atoms with Gasteiger partial charge in [0, 0.05) is 18.1 Å². The highest BCUT2D eigenvalue weighted by atomic mass is 16.5. The number of rotatable bonds is 4. The molecule has 1 aliphatic rings. The van der Waals surface area contributed by atoms with E-state index in [0.29, 0.717) is 12.4 Å². The number of pyridine rings is 1. The Hall–Kier alpha value is -2.34. The molecule has 2 N–H and O–H groups in total. The molecule has 0 aliphatic carbocycles. The number of anilines is 1. The van der Waals surface area contributed by atoms with Crippen molar-refractivity contribution in [2.24, 2.45) is 0 Å². The fourth-order valence-electron chi connectivity index (χ4n) is 2.95. The monoisotopic (exact) mass is 315 g/mol. The third-order valence-electron chi connectivity index (χ3n) is 4.11. The predicted molar refractivity (Wildman–Crippen MR) is 88.3 cm³/mol. The number of aromatic nitrogens is 1. The smallest absolute Gasteiger partial charge is 0.319 e. The standard InChI is InChI=1S/C17H21N3O3/c1-22-16(21)11-20-8-2-3-14(10-20)23-13-4-5-15-12(9-13)6-7-19-17(15)18/h4-7,9,14H,2-3,8,10-11H2,1H3,(H2,18,19). The average Bonchev–Trinajstić information content (AvgIpc) is 2.55. The minimum atomic E-state index is -0.209. The third kappa shape index (κ3) is 3.71. The van der Waals surface area contributed by atoms with E-state index < -0.39 is 0 Å². The van der Waals surface area contributed by atoms with Crippen molar-refractivity contribution in [1.29, 1.82) is 0 Å². The highest BCUT2D eigenvalue weighted by Gasteiger charge is 2.23. The van der Waals surface area contributed by atoms with Gasteiger partial charge in [-0.3, -0.25) is 9.69 Å². The van der Waals surface area contributed by atoms with Gasteiger partial charge in [-0.15, -0.1) is 0 Å². The Morgan fingerprint density at radius 3 is 3.13 bits per heavy atom. The molecule has 1 saturated heterocycles. The number of likely N-dealkylation sites (tertiary alicyclic amines) is 1. The van der Waals surface area contributed by atoms with Crippen molar-refractivity contribution in [1.82, 2.24) is 9.88 Å². The Morgan fingerprint density at radius 1 is 1.43 bits per heavy atom. The van der Waals surface area contributed by atoms with Crippen molar-refractivity contribution >= 4 is 22.6 Å². The molecule has 6 heteroatoms. The first kappa shape index (κ1) is 15.6. The van der Waals surface area contributed by atoms with Crippen LogP contribution in [0.25, 0.3) is 10.8 Å². The lowest BCUT2D eigenvalue weighted by atomic mass is 10.1. The fourth-order valence-corrected chi connectivity index (χ4v) is 2.95. The summed E-state index contributed by atoms with van der Waals surface area (Å²) < 4.78 is 10.8. The second-order valence-electron chi connectivity index (χ2n) is 5.77. The van der Waals surface area contributed by atoms with Gasteiger partial charge in [-0.2, -0.15) is 0 Å². The molecular formula is C17H21N3O3. The molecule has 1 aromatic heterocycles. The van der Waals surface area contributed by atoms with Crippen LogP contribution in [0.3, 0.4) is 0 Å². The summed E-state index contributed by atoms with van der Waals surface area (Å²) in [6, 6.07) is 7.75. The number of carbonyl (C=O) groups is 1. The second-order valence-corrected chi connectivity index (χ2v) is 5.77. The minimum Gasteiger partial charge on any atom is -0.489 e. The van der Waals surface area contributed by atoms with Gasteiger partial charge in [0.05, 0.1) is 13.7 Å².